The number of nitrogens with zero attached hydrogens (tertiary/aromatic N) is 3. The lowest BCUT2D eigenvalue weighted by Gasteiger charge is -2.28. The monoisotopic (exact) mass is 450 g/mol. The van der Waals surface area contributed by atoms with E-state index in [0.29, 0.717) is 16.9 Å². The van der Waals surface area contributed by atoms with E-state index in [1.807, 2.05) is 34.9 Å². The highest BCUT2D eigenvalue weighted by Crippen LogP contribution is 2.49. The molecule has 2 aliphatic rings. The van der Waals surface area contributed by atoms with Gasteiger partial charge in [0.1, 0.15) is 5.82 Å². The second kappa shape index (κ2) is 9.06. The van der Waals surface area contributed by atoms with Crippen LogP contribution in [0.3, 0.4) is 0 Å². The predicted molar refractivity (Wildman–Crippen MR) is 124 cm³/mol. The molecule has 1 amide bonds. The van der Waals surface area contributed by atoms with E-state index in [2.05, 4.69) is 22.4 Å². The number of halogens is 1. The van der Waals surface area contributed by atoms with Gasteiger partial charge in [0.25, 0.3) is 0 Å². The maximum Gasteiger partial charge on any atom is 0.230 e. The molecule has 0 radical (unpaired) electrons. The molecule has 0 spiro atoms. The lowest BCUT2D eigenvalue weighted by Crippen LogP contribution is -2.40. The Bertz CT molecular complexity index is 1090. The van der Waals surface area contributed by atoms with Crippen molar-refractivity contribution < 1.29 is 9.18 Å². The van der Waals surface area contributed by atoms with Gasteiger partial charge < -0.3 is 5.32 Å². The van der Waals surface area contributed by atoms with Gasteiger partial charge in [0.05, 0.1) is 5.75 Å². The van der Waals surface area contributed by atoms with Crippen LogP contribution in [0.15, 0.2) is 59.8 Å². The van der Waals surface area contributed by atoms with E-state index in [9.17, 15) is 9.18 Å². The highest BCUT2D eigenvalue weighted by atomic mass is 32.2. The number of benzene rings is 2. The van der Waals surface area contributed by atoms with Crippen molar-refractivity contribution in [3.05, 3.63) is 60.4 Å². The second-order valence-corrected chi connectivity index (χ2v) is 9.91. The third kappa shape index (κ3) is 4.31. The molecule has 2 aromatic carbocycles. The molecule has 5 rings (SSSR count). The molecule has 166 valence electrons. The third-order valence-corrected chi connectivity index (χ3v) is 7.84. The van der Waals surface area contributed by atoms with Gasteiger partial charge in [0, 0.05) is 17.3 Å². The van der Waals surface area contributed by atoms with Crippen LogP contribution in [0.25, 0.3) is 17.1 Å². The smallest absolute Gasteiger partial charge is 0.230 e. The fraction of sp³-hybridized carbons (Fsp3) is 0.400. The average molecular weight is 451 g/mol. The first kappa shape index (κ1) is 21.2. The Labute approximate surface area is 191 Å². The van der Waals surface area contributed by atoms with Crippen LogP contribution >= 0.6 is 11.8 Å². The number of aromatic nitrogens is 3. The molecular weight excluding hydrogens is 423 g/mol. The van der Waals surface area contributed by atoms with Crippen LogP contribution in [0.5, 0.6) is 0 Å². The average Bonchev–Trinajstić information content (AvgIpc) is 3.54. The molecule has 1 N–H and O–H groups in total. The molecule has 2 saturated carbocycles. The first-order chi connectivity index (χ1) is 15.6. The number of carbonyl (C=O) groups excluding carboxylic acids is 1. The summed E-state index contributed by atoms with van der Waals surface area (Å²) in [4.78, 5) is 12.7. The summed E-state index contributed by atoms with van der Waals surface area (Å²) in [7, 11) is 0. The number of fused-ring (bicyclic) bond motifs is 2. The van der Waals surface area contributed by atoms with E-state index in [1.54, 1.807) is 12.1 Å². The molecule has 7 heteroatoms. The molecule has 4 atom stereocenters. The minimum absolute atomic E-state index is 0.0243. The normalized spacial score (nSPS) is 22.8. The van der Waals surface area contributed by atoms with Crippen molar-refractivity contribution in [1.29, 1.82) is 0 Å². The van der Waals surface area contributed by atoms with Gasteiger partial charge in [-0.3, -0.25) is 9.36 Å². The number of hydrogen-bond donors (Lipinski definition) is 1. The topological polar surface area (TPSA) is 59.8 Å². The summed E-state index contributed by atoms with van der Waals surface area (Å²) in [6.45, 7) is 2.15. The molecule has 2 bridgehead atoms. The molecular formula is C25H27FN4OS. The maximum absolute atomic E-state index is 13.4. The number of thioether (sulfide) groups is 1. The van der Waals surface area contributed by atoms with E-state index in [0.717, 1.165) is 23.1 Å². The molecule has 1 aromatic heterocycles. The predicted octanol–water partition coefficient (Wildman–Crippen LogP) is 5.11. The zero-order valence-electron chi connectivity index (χ0n) is 18.1. The van der Waals surface area contributed by atoms with E-state index in [1.165, 1.54) is 49.6 Å². The van der Waals surface area contributed by atoms with E-state index < -0.39 is 0 Å². The van der Waals surface area contributed by atoms with Crippen LogP contribution in [0.2, 0.25) is 0 Å². The number of rotatable bonds is 7. The summed E-state index contributed by atoms with van der Waals surface area (Å²) < 4.78 is 15.3. The van der Waals surface area contributed by atoms with Crippen molar-refractivity contribution in [2.24, 2.45) is 17.8 Å². The number of amides is 1. The molecule has 32 heavy (non-hydrogen) atoms. The summed E-state index contributed by atoms with van der Waals surface area (Å²) in [6, 6.07) is 16.2. The molecule has 2 fully saturated rings. The summed E-state index contributed by atoms with van der Waals surface area (Å²) in [6.07, 6.45) is 5.27. The summed E-state index contributed by atoms with van der Waals surface area (Å²) in [5, 5.41) is 12.6. The van der Waals surface area contributed by atoms with Crippen molar-refractivity contribution in [3.8, 4) is 17.1 Å². The quantitative estimate of drug-likeness (QED) is 0.509. The lowest BCUT2D eigenvalue weighted by molar-refractivity contribution is -0.119. The Balaban J connectivity index is 1.31. The van der Waals surface area contributed by atoms with Gasteiger partial charge in [-0.05, 0) is 80.3 Å². The van der Waals surface area contributed by atoms with Gasteiger partial charge in [0.15, 0.2) is 11.0 Å². The van der Waals surface area contributed by atoms with Crippen molar-refractivity contribution in [2.45, 2.75) is 43.8 Å². The SMILES string of the molecule is CC(NC(=O)CSc1nnc(-c2ccc(F)cc2)n1-c1ccccc1)C1CC2CCC1C2. The minimum atomic E-state index is -0.296. The second-order valence-electron chi connectivity index (χ2n) is 8.97. The molecule has 0 aliphatic heterocycles. The Morgan fingerprint density at radius 3 is 2.59 bits per heavy atom. The van der Waals surface area contributed by atoms with Gasteiger partial charge in [-0.15, -0.1) is 10.2 Å². The highest BCUT2D eigenvalue weighted by Gasteiger charge is 2.42. The summed E-state index contributed by atoms with van der Waals surface area (Å²) in [5.41, 5.74) is 1.67. The fourth-order valence-electron chi connectivity index (χ4n) is 5.40. The minimum Gasteiger partial charge on any atom is -0.353 e. The van der Waals surface area contributed by atoms with Gasteiger partial charge in [-0.1, -0.05) is 36.4 Å². The number of carbonyl (C=O) groups is 1. The molecule has 1 heterocycles. The van der Waals surface area contributed by atoms with E-state index >= 15 is 0 Å². The Hall–Kier alpha value is -2.67. The molecule has 0 saturated heterocycles. The van der Waals surface area contributed by atoms with Crippen LogP contribution in [0.4, 0.5) is 4.39 Å². The van der Waals surface area contributed by atoms with Crippen LogP contribution in [-0.2, 0) is 4.79 Å². The van der Waals surface area contributed by atoms with Crippen molar-refractivity contribution in [2.75, 3.05) is 5.75 Å². The van der Waals surface area contributed by atoms with Gasteiger partial charge >= 0.3 is 0 Å². The summed E-state index contributed by atoms with van der Waals surface area (Å²) in [5.74, 6) is 2.89. The molecule has 3 aromatic rings. The molecule has 5 nitrogen and oxygen atoms in total. The standard InChI is InChI=1S/C25H27FN4OS/c1-16(22-14-17-7-8-19(22)13-17)27-23(31)15-32-25-29-28-24(18-9-11-20(26)12-10-18)30(25)21-5-3-2-4-6-21/h2-6,9-12,16-17,19,22H,7-8,13-15H2,1H3,(H,27,31). The van der Waals surface area contributed by atoms with Crippen LogP contribution < -0.4 is 5.32 Å². The van der Waals surface area contributed by atoms with Crippen LogP contribution in [0, 0.1) is 23.6 Å². The Morgan fingerprint density at radius 2 is 1.91 bits per heavy atom. The Kier molecular flexibility index (Phi) is 6.00. The first-order valence-corrected chi connectivity index (χ1v) is 12.3. The van der Waals surface area contributed by atoms with Crippen LogP contribution in [0.1, 0.15) is 32.6 Å². The number of hydrogen-bond acceptors (Lipinski definition) is 4. The van der Waals surface area contributed by atoms with E-state index in [4.69, 9.17) is 0 Å². The molecule has 4 unspecified atom stereocenters. The lowest BCUT2D eigenvalue weighted by atomic mass is 9.84. The fourth-order valence-corrected chi connectivity index (χ4v) is 6.16. The third-order valence-electron chi connectivity index (χ3n) is 6.91. The van der Waals surface area contributed by atoms with Gasteiger partial charge in [0.2, 0.25) is 5.91 Å². The van der Waals surface area contributed by atoms with E-state index in [-0.39, 0.29) is 23.5 Å². The molecule has 2 aliphatic carbocycles. The van der Waals surface area contributed by atoms with Gasteiger partial charge in [-0.2, -0.15) is 0 Å². The van der Waals surface area contributed by atoms with Gasteiger partial charge in [-0.25, -0.2) is 4.39 Å². The van der Waals surface area contributed by atoms with Crippen molar-refractivity contribution in [1.82, 2.24) is 20.1 Å². The largest absolute Gasteiger partial charge is 0.353 e. The van der Waals surface area contributed by atoms with Crippen LogP contribution in [-0.4, -0.2) is 32.5 Å². The highest BCUT2D eigenvalue weighted by molar-refractivity contribution is 7.99. The zero-order chi connectivity index (χ0) is 22.1. The van der Waals surface area contributed by atoms with Crippen molar-refractivity contribution >= 4 is 17.7 Å². The van der Waals surface area contributed by atoms with Crippen molar-refractivity contribution in [3.63, 3.8) is 0 Å². The Morgan fingerprint density at radius 1 is 1.12 bits per heavy atom. The summed E-state index contributed by atoms with van der Waals surface area (Å²) >= 11 is 1.37. The number of nitrogens with one attached hydrogen (secondary N) is 1. The number of para-hydroxylation sites is 1. The zero-order valence-corrected chi connectivity index (χ0v) is 18.9. The first-order valence-electron chi connectivity index (χ1n) is 11.3. The maximum atomic E-state index is 13.4.